The lowest BCUT2D eigenvalue weighted by Crippen LogP contribution is -1.92. The lowest BCUT2D eigenvalue weighted by molar-refractivity contribution is 0.340. The van der Waals surface area contributed by atoms with Crippen LogP contribution in [-0.2, 0) is 0 Å². The summed E-state index contributed by atoms with van der Waals surface area (Å²) in [6.45, 7) is 4.61. The fraction of sp³-hybridized carbons (Fsp3) is 0.231. The highest BCUT2D eigenvalue weighted by Gasteiger charge is 2.01. The Labute approximate surface area is 105 Å². The molecule has 0 radical (unpaired) electrons. The predicted molar refractivity (Wildman–Crippen MR) is 70.8 cm³/mol. The summed E-state index contributed by atoms with van der Waals surface area (Å²) in [4.78, 5) is 0. The molecule has 0 amide bonds. The third-order valence-corrected chi connectivity index (χ3v) is 2.86. The Kier molecular flexibility index (Phi) is 3.54. The van der Waals surface area contributed by atoms with E-state index >= 15 is 0 Å². The number of hydrogen-bond acceptors (Lipinski definition) is 3. The molecule has 0 unspecified atom stereocenters. The number of benzene rings is 1. The first-order valence-electron chi connectivity index (χ1n) is 5.50. The third-order valence-electron chi connectivity index (χ3n) is 2.45. The zero-order valence-corrected chi connectivity index (χ0v) is 10.7. The van der Waals surface area contributed by atoms with E-state index < -0.39 is 0 Å². The summed E-state index contributed by atoms with van der Waals surface area (Å²) in [5, 5.41) is 7.06. The molecule has 0 spiro atoms. The van der Waals surface area contributed by atoms with Gasteiger partial charge in [-0.25, -0.2) is 0 Å². The minimum absolute atomic E-state index is 0.676. The fourth-order valence-electron chi connectivity index (χ4n) is 1.54. The standard InChI is InChI=1S/C13H14N2OS/c1-3-16-11-6-4-10(5-7-11)12-8-9(2)13(17)15-14-12/h4-8H,3H2,1-2H3,(H,15,17). The highest BCUT2D eigenvalue weighted by Crippen LogP contribution is 2.20. The molecule has 1 N–H and O–H groups in total. The number of aromatic nitrogens is 2. The Balaban J connectivity index is 2.33. The highest BCUT2D eigenvalue weighted by molar-refractivity contribution is 7.71. The maximum Gasteiger partial charge on any atom is 0.122 e. The average molecular weight is 246 g/mol. The van der Waals surface area contributed by atoms with Crippen molar-refractivity contribution in [2.24, 2.45) is 0 Å². The van der Waals surface area contributed by atoms with Gasteiger partial charge in [0.05, 0.1) is 12.3 Å². The van der Waals surface area contributed by atoms with Crippen LogP contribution in [0.5, 0.6) is 5.75 Å². The minimum Gasteiger partial charge on any atom is -0.494 e. The van der Waals surface area contributed by atoms with Crippen LogP contribution < -0.4 is 4.74 Å². The maximum absolute atomic E-state index is 5.39. The van der Waals surface area contributed by atoms with Crippen molar-refractivity contribution in [2.45, 2.75) is 13.8 Å². The molecule has 0 aliphatic rings. The van der Waals surface area contributed by atoms with Crippen LogP contribution in [0.3, 0.4) is 0 Å². The topological polar surface area (TPSA) is 37.9 Å². The zero-order chi connectivity index (χ0) is 12.3. The molecule has 3 nitrogen and oxygen atoms in total. The van der Waals surface area contributed by atoms with Gasteiger partial charge in [-0.3, -0.25) is 5.10 Å². The smallest absolute Gasteiger partial charge is 0.122 e. The van der Waals surface area contributed by atoms with Crippen molar-refractivity contribution in [3.8, 4) is 17.0 Å². The second-order valence-corrected chi connectivity index (χ2v) is 4.13. The molecule has 0 aliphatic heterocycles. The lowest BCUT2D eigenvalue weighted by atomic mass is 10.1. The van der Waals surface area contributed by atoms with Crippen molar-refractivity contribution in [3.63, 3.8) is 0 Å². The summed E-state index contributed by atoms with van der Waals surface area (Å²) in [6.07, 6.45) is 0. The lowest BCUT2D eigenvalue weighted by Gasteiger charge is -2.05. The third kappa shape index (κ3) is 2.71. The summed E-state index contributed by atoms with van der Waals surface area (Å²) in [5.74, 6) is 0.872. The largest absolute Gasteiger partial charge is 0.494 e. The van der Waals surface area contributed by atoms with Gasteiger partial charge in [-0.2, -0.15) is 5.10 Å². The van der Waals surface area contributed by atoms with Gasteiger partial charge in [-0.05, 0) is 49.7 Å². The van der Waals surface area contributed by atoms with E-state index in [-0.39, 0.29) is 0 Å². The van der Waals surface area contributed by atoms with Crippen molar-refractivity contribution in [2.75, 3.05) is 6.61 Å². The van der Waals surface area contributed by atoms with Crippen molar-refractivity contribution in [1.82, 2.24) is 10.2 Å². The number of H-pyrrole nitrogens is 1. The molecule has 0 saturated carbocycles. The molecule has 1 aromatic heterocycles. The monoisotopic (exact) mass is 246 g/mol. The molecule has 17 heavy (non-hydrogen) atoms. The molecule has 0 saturated heterocycles. The second kappa shape index (κ2) is 5.10. The van der Waals surface area contributed by atoms with Crippen LogP contribution in [0.15, 0.2) is 30.3 Å². The van der Waals surface area contributed by atoms with Gasteiger partial charge in [0.2, 0.25) is 0 Å². The van der Waals surface area contributed by atoms with E-state index in [1.54, 1.807) is 0 Å². The van der Waals surface area contributed by atoms with Crippen molar-refractivity contribution >= 4 is 12.2 Å². The number of aromatic amines is 1. The summed E-state index contributed by atoms with van der Waals surface area (Å²) in [7, 11) is 0. The Morgan fingerprint density at radius 1 is 1.29 bits per heavy atom. The average Bonchev–Trinajstić information content (AvgIpc) is 2.34. The molecule has 2 rings (SSSR count). The quantitative estimate of drug-likeness (QED) is 0.842. The molecule has 0 aliphatic carbocycles. The second-order valence-electron chi connectivity index (χ2n) is 3.72. The Bertz CT molecular complexity index is 560. The van der Waals surface area contributed by atoms with Crippen LogP contribution >= 0.6 is 12.2 Å². The van der Waals surface area contributed by atoms with Crippen LogP contribution in [0.25, 0.3) is 11.3 Å². The summed E-state index contributed by atoms with van der Waals surface area (Å²) >= 11 is 5.08. The fourth-order valence-corrected chi connectivity index (χ4v) is 1.64. The number of aryl methyl sites for hydroxylation is 1. The van der Waals surface area contributed by atoms with Crippen LogP contribution in [0.2, 0.25) is 0 Å². The van der Waals surface area contributed by atoms with E-state index in [2.05, 4.69) is 10.2 Å². The summed E-state index contributed by atoms with van der Waals surface area (Å²) < 4.78 is 6.07. The van der Waals surface area contributed by atoms with Gasteiger partial charge >= 0.3 is 0 Å². The maximum atomic E-state index is 5.39. The molecule has 0 fully saturated rings. The van der Waals surface area contributed by atoms with E-state index in [0.717, 1.165) is 22.6 Å². The van der Waals surface area contributed by atoms with E-state index in [9.17, 15) is 0 Å². The van der Waals surface area contributed by atoms with Crippen molar-refractivity contribution in [1.29, 1.82) is 0 Å². The van der Waals surface area contributed by atoms with Crippen LogP contribution in [0, 0.1) is 11.6 Å². The first kappa shape index (κ1) is 11.8. The number of ether oxygens (including phenoxy) is 1. The Morgan fingerprint density at radius 3 is 2.59 bits per heavy atom. The van der Waals surface area contributed by atoms with Crippen molar-refractivity contribution in [3.05, 3.63) is 40.5 Å². The van der Waals surface area contributed by atoms with E-state index in [0.29, 0.717) is 11.2 Å². The molecular weight excluding hydrogens is 232 g/mol. The van der Waals surface area contributed by atoms with Crippen molar-refractivity contribution < 1.29 is 4.74 Å². The molecule has 4 heteroatoms. The van der Waals surface area contributed by atoms with Gasteiger partial charge < -0.3 is 4.74 Å². The van der Waals surface area contributed by atoms with Crippen LogP contribution in [0.1, 0.15) is 12.5 Å². The number of rotatable bonds is 3. The van der Waals surface area contributed by atoms with Gasteiger partial charge in [0.25, 0.3) is 0 Å². The molecule has 1 aromatic carbocycles. The minimum atomic E-state index is 0.676. The first-order valence-corrected chi connectivity index (χ1v) is 5.91. The SMILES string of the molecule is CCOc1ccc(-c2cc(C)c(=S)[nH]n2)cc1. The first-order chi connectivity index (χ1) is 8.20. The van der Waals surface area contributed by atoms with Gasteiger partial charge in [0.15, 0.2) is 0 Å². The number of hydrogen-bond donors (Lipinski definition) is 1. The molecule has 88 valence electrons. The van der Waals surface area contributed by atoms with Gasteiger partial charge in [0, 0.05) is 5.56 Å². The normalized spacial score (nSPS) is 10.2. The molecular formula is C13H14N2OS. The van der Waals surface area contributed by atoms with Crippen LogP contribution in [-0.4, -0.2) is 16.8 Å². The van der Waals surface area contributed by atoms with E-state index in [1.807, 2.05) is 44.2 Å². The van der Waals surface area contributed by atoms with Gasteiger partial charge in [-0.1, -0.05) is 12.2 Å². The summed E-state index contributed by atoms with van der Waals surface area (Å²) in [5.41, 5.74) is 2.96. The summed E-state index contributed by atoms with van der Waals surface area (Å²) in [6, 6.07) is 9.84. The van der Waals surface area contributed by atoms with E-state index in [1.165, 1.54) is 0 Å². The van der Waals surface area contributed by atoms with Gasteiger partial charge in [0.1, 0.15) is 10.4 Å². The predicted octanol–water partition coefficient (Wildman–Crippen LogP) is 3.51. The van der Waals surface area contributed by atoms with E-state index in [4.69, 9.17) is 17.0 Å². The number of nitrogens with zero attached hydrogens (tertiary/aromatic N) is 1. The molecule has 0 bridgehead atoms. The molecule has 1 heterocycles. The zero-order valence-electron chi connectivity index (χ0n) is 9.86. The Hall–Kier alpha value is -1.68. The highest BCUT2D eigenvalue weighted by atomic mass is 32.1. The molecule has 2 aromatic rings. The Morgan fingerprint density at radius 2 is 2.00 bits per heavy atom. The molecule has 0 atom stereocenters. The van der Waals surface area contributed by atoms with Crippen LogP contribution in [0.4, 0.5) is 0 Å². The van der Waals surface area contributed by atoms with Gasteiger partial charge in [-0.15, -0.1) is 0 Å². The number of nitrogens with one attached hydrogen (secondary N) is 1.